The van der Waals surface area contributed by atoms with E-state index in [0.717, 1.165) is 12.8 Å². The zero-order valence-electron chi connectivity index (χ0n) is 9.35. The van der Waals surface area contributed by atoms with E-state index in [2.05, 4.69) is 4.72 Å². The molecule has 4 N–H and O–H groups in total. The van der Waals surface area contributed by atoms with Crippen LogP contribution in [0.3, 0.4) is 0 Å². The normalized spacial score (nSPS) is 18.2. The van der Waals surface area contributed by atoms with Gasteiger partial charge in [0.2, 0.25) is 5.09 Å². The maximum absolute atomic E-state index is 11.8. The van der Waals surface area contributed by atoms with Gasteiger partial charge in [0, 0.05) is 18.6 Å². The lowest BCUT2D eigenvalue weighted by Gasteiger charge is -2.11. The molecule has 6 nitrogen and oxygen atoms in total. The Hall–Kier alpha value is -0.890. The second kappa shape index (κ2) is 4.41. The van der Waals surface area contributed by atoms with Crippen molar-refractivity contribution < 1.29 is 17.9 Å². The van der Waals surface area contributed by atoms with Gasteiger partial charge in [0.1, 0.15) is 5.76 Å². The lowest BCUT2D eigenvalue weighted by Crippen LogP contribution is -2.31. The second-order valence-corrected chi connectivity index (χ2v) is 6.11. The van der Waals surface area contributed by atoms with Crippen LogP contribution in [0.1, 0.15) is 18.6 Å². The third-order valence-electron chi connectivity index (χ3n) is 3.03. The minimum atomic E-state index is -3.64. The zero-order valence-corrected chi connectivity index (χ0v) is 10.2. The van der Waals surface area contributed by atoms with Gasteiger partial charge in [0.05, 0.1) is 6.54 Å². The molecular weight excluding hydrogens is 244 g/mol. The summed E-state index contributed by atoms with van der Waals surface area (Å²) >= 11 is 0. The predicted octanol–water partition coefficient (Wildman–Crippen LogP) is -0.211. The molecule has 0 aromatic carbocycles. The van der Waals surface area contributed by atoms with Crippen LogP contribution in [-0.2, 0) is 16.6 Å². The molecule has 1 saturated carbocycles. The van der Waals surface area contributed by atoms with E-state index >= 15 is 0 Å². The third kappa shape index (κ3) is 2.68. The zero-order chi connectivity index (χ0) is 12.5. The number of sulfonamides is 1. The van der Waals surface area contributed by atoms with Gasteiger partial charge in [-0.05, 0) is 25.0 Å². The van der Waals surface area contributed by atoms with E-state index in [0.29, 0.717) is 5.76 Å². The molecule has 0 radical (unpaired) electrons. The average Bonchev–Trinajstić information content (AvgIpc) is 2.94. The third-order valence-corrected chi connectivity index (χ3v) is 4.31. The molecule has 0 atom stereocenters. The number of aliphatic hydroxyl groups excluding tert-OH is 1. The van der Waals surface area contributed by atoms with Gasteiger partial charge in [-0.3, -0.25) is 0 Å². The van der Waals surface area contributed by atoms with Crippen molar-refractivity contribution in [2.45, 2.75) is 24.5 Å². The maximum Gasteiger partial charge on any atom is 0.273 e. The van der Waals surface area contributed by atoms with E-state index in [-0.39, 0.29) is 30.2 Å². The van der Waals surface area contributed by atoms with E-state index < -0.39 is 10.0 Å². The Labute approximate surface area is 99.9 Å². The number of furan rings is 1. The molecule has 1 aromatic rings. The molecule has 7 heteroatoms. The first-order valence-corrected chi connectivity index (χ1v) is 6.89. The van der Waals surface area contributed by atoms with E-state index in [1.54, 1.807) is 0 Å². The Morgan fingerprint density at radius 1 is 1.47 bits per heavy atom. The molecule has 1 fully saturated rings. The molecule has 1 aromatic heterocycles. The second-order valence-electron chi connectivity index (χ2n) is 4.41. The number of aliphatic hydroxyl groups is 1. The number of rotatable bonds is 6. The van der Waals surface area contributed by atoms with Crippen LogP contribution in [0.25, 0.3) is 0 Å². The summed E-state index contributed by atoms with van der Waals surface area (Å²) in [6.07, 6.45) is 1.69. The number of hydrogen-bond acceptors (Lipinski definition) is 5. The topological polar surface area (TPSA) is 106 Å². The fraction of sp³-hybridized carbons (Fsp3) is 0.600. The highest BCUT2D eigenvalue weighted by Gasteiger charge is 2.42. The molecule has 1 aliphatic carbocycles. The van der Waals surface area contributed by atoms with Crippen LogP contribution in [0.5, 0.6) is 0 Å². The van der Waals surface area contributed by atoms with Crippen molar-refractivity contribution >= 4 is 10.0 Å². The Morgan fingerprint density at radius 3 is 2.65 bits per heavy atom. The van der Waals surface area contributed by atoms with Crippen LogP contribution < -0.4 is 10.5 Å². The van der Waals surface area contributed by atoms with Gasteiger partial charge in [0.25, 0.3) is 10.0 Å². The van der Waals surface area contributed by atoms with E-state index in [1.807, 2.05) is 0 Å². The summed E-state index contributed by atoms with van der Waals surface area (Å²) in [6, 6.07) is 2.91. The molecule has 17 heavy (non-hydrogen) atoms. The van der Waals surface area contributed by atoms with Gasteiger partial charge < -0.3 is 15.3 Å². The van der Waals surface area contributed by atoms with E-state index in [4.69, 9.17) is 15.3 Å². The fourth-order valence-electron chi connectivity index (χ4n) is 1.50. The highest BCUT2D eigenvalue weighted by Crippen LogP contribution is 2.44. The molecule has 96 valence electrons. The van der Waals surface area contributed by atoms with Crippen molar-refractivity contribution in [3.05, 3.63) is 17.9 Å². The summed E-state index contributed by atoms with van der Waals surface area (Å²) in [5.41, 5.74) is 5.07. The van der Waals surface area contributed by atoms with Gasteiger partial charge >= 0.3 is 0 Å². The van der Waals surface area contributed by atoms with Crippen molar-refractivity contribution in [3.8, 4) is 0 Å². The number of nitrogens with two attached hydrogens (primary N) is 1. The Balaban J connectivity index is 2.03. The van der Waals surface area contributed by atoms with Gasteiger partial charge in [-0.1, -0.05) is 0 Å². The van der Waals surface area contributed by atoms with E-state index in [1.165, 1.54) is 12.1 Å². The van der Waals surface area contributed by atoms with E-state index in [9.17, 15) is 8.42 Å². The summed E-state index contributed by atoms with van der Waals surface area (Å²) in [6.45, 7) is 0.405. The number of nitrogens with one attached hydrogen (secondary N) is 1. The average molecular weight is 260 g/mol. The molecule has 0 unspecified atom stereocenters. The molecule has 0 amide bonds. The first kappa shape index (κ1) is 12.6. The predicted molar refractivity (Wildman–Crippen MR) is 60.5 cm³/mol. The van der Waals surface area contributed by atoms with Gasteiger partial charge in [-0.15, -0.1) is 0 Å². The monoisotopic (exact) mass is 260 g/mol. The molecule has 0 bridgehead atoms. The molecule has 1 aliphatic rings. The summed E-state index contributed by atoms with van der Waals surface area (Å²) in [5.74, 6) is 0.425. The van der Waals surface area contributed by atoms with Crippen LogP contribution in [0, 0.1) is 5.41 Å². The van der Waals surface area contributed by atoms with Crippen LogP contribution in [-0.4, -0.2) is 26.7 Å². The van der Waals surface area contributed by atoms with Crippen LogP contribution in [0.15, 0.2) is 21.6 Å². The summed E-state index contributed by atoms with van der Waals surface area (Å²) in [7, 11) is -3.64. The minimum absolute atomic E-state index is 0.00171. The van der Waals surface area contributed by atoms with Gasteiger partial charge in [-0.2, -0.15) is 0 Å². The van der Waals surface area contributed by atoms with Crippen LogP contribution in [0.2, 0.25) is 0 Å². The SMILES string of the molecule is NCc1ccc(S(=O)(=O)NCC2(CO)CC2)o1. The van der Waals surface area contributed by atoms with Crippen LogP contribution >= 0.6 is 0 Å². The van der Waals surface area contributed by atoms with Crippen molar-refractivity contribution in [1.82, 2.24) is 4.72 Å². The van der Waals surface area contributed by atoms with Gasteiger partial charge in [-0.25, -0.2) is 13.1 Å². The smallest absolute Gasteiger partial charge is 0.273 e. The summed E-state index contributed by atoms with van der Waals surface area (Å²) in [5, 5.41) is 8.96. The Kier molecular flexibility index (Phi) is 3.26. The van der Waals surface area contributed by atoms with Gasteiger partial charge in [0.15, 0.2) is 0 Å². The molecule has 1 heterocycles. The summed E-state index contributed by atoms with van der Waals surface area (Å²) < 4.78 is 31.2. The Bertz CT molecular complexity index is 490. The van der Waals surface area contributed by atoms with Crippen molar-refractivity contribution in [2.75, 3.05) is 13.2 Å². The van der Waals surface area contributed by atoms with Crippen molar-refractivity contribution in [2.24, 2.45) is 11.1 Å². The fourth-order valence-corrected chi connectivity index (χ4v) is 2.60. The molecular formula is C10H16N2O4S. The molecule has 2 rings (SSSR count). The first-order chi connectivity index (χ1) is 8.01. The highest BCUT2D eigenvalue weighted by atomic mass is 32.2. The molecule has 0 spiro atoms. The highest BCUT2D eigenvalue weighted by molar-refractivity contribution is 7.89. The lowest BCUT2D eigenvalue weighted by atomic mass is 10.1. The van der Waals surface area contributed by atoms with Crippen molar-refractivity contribution in [3.63, 3.8) is 0 Å². The minimum Gasteiger partial charge on any atom is -0.447 e. The van der Waals surface area contributed by atoms with Crippen LogP contribution in [0.4, 0.5) is 0 Å². The largest absolute Gasteiger partial charge is 0.447 e. The van der Waals surface area contributed by atoms with Crippen molar-refractivity contribution in [1.29, 1.82) is 0 Å². The Morgan fingerprint density at radius 2 is 2.18 bits per heavy atom. The first-order valence-electron chi connectivity index (χ1n) is 5.41. The maximum atomic E-state index is 11.8. The summed E-state index contributed by atoms with van der Waals surface area (Å²) in [4.78, 5) is 0. The quantitative estimate of drug-likeness (QED) is 0.656. The lowest BCUT2D eigenvalue weighted by molar-refractivity contribution is 0.213. The standard InChI is InChI=1S/C10H16N2O4S/c11-5-8-1-2-9(16-8)17(14,15)12-6-10(7-13)3-4-10/h1-2,12-13H,3-7,11H2. The molecule has 0 saturated heterocycles. The molecule has 0 aliphatic heterocycles. The number of hydrogen-bond donors (Lipinski definition) is 3.